The van der Waals surface area contributed by atoms with Crippen LogP contribution in [0.3, 0.4) is 0 Å². The molecule has 12 nitrogen and oxygen atoms in total. The van der Waals surface area contributed by atoms with Gasteiger partial charge in [0, 0.05) is 36.6 Å². The summed E-state index contributed by atoms with van der Waals surface area (Å²) in [7, 11) is 0. The third-order valence-corrected chi connectivity index (χ3v) is 7.54. The quantitative estimate of drug-likeness (QED) is 0.254. The highest BCUT2D eigenvalue weighted by molar-refractivity contribution is 7.12. The van der Waals surface area contributed by atoms with Crippen molar-refractivity contribution in [3.63, 3.8) is 0 Å². The third-order valence-electron chi connectivity index (χ3n) is 6.71. The van der Waals surface area contributed by atoms with Gasteiger partial charge in [0.25, 0.3) is 11.5 Å². The Labute approximate surface area is 243 Å². The number of aryl methyl sites for hydroxylation is 3. The summed E-state index contributed by atoms with van der Waals surface area (Å²) in [6, 6.07) is 6.49. The summed E-state index contributed by atoms with van der Waals surface area (Å²) in [5.74, 6) is 6.21. The molecule has 1 aromatic carbocycles. The fraction of sp³-hybridized carbons (Fsp3) is 0.207. The molecule has 5 heterocycles. The van der Waals surface area contributed by atoms with Gasteiger partial charge in [-0.1, -0.05) is 12.0 Å². The van der Waals surface area contributed by atoms with Gasteiger partial charge in [0.05, 0.1) is 45.0 Å². The number of nitrogens with zero attached hydrogens (tertiary/aromatic N) is 7. The van der Waals surface area contributed by atoms with Crippen molar-refractivity contribution in [2.24, 2.45) is 0 Å². The van der Waals surface area contributed by atoms with Gasteiger partial charge in [0.2, 0.25) is 0 Å². The van der Waals surface area contributed by atoms with Gasteiger partial charge < -0.3 is 16.0 Å². The molecular formula is C29H26N10O2S. The zero-order valence-electron chi connectivity index (χ0n) is 23.0. The number of amides is 1. The van der Waals surface area contributed by atoms with Crippen LogP contribution in [0, 0.1) is 25.7 Å². The summed E-state index contributed by atoms with van der Waals surface area (Å²) >= 11 is 1.49. The minimum absolute atomic E-state index is 0.0551. The van der Waals surface area contributed by atoms with E-state index in [4.69, 9.17) is 10.7 Å². The Morgan fingerprint density at radius 3 is 2.81 bits per heavy atom. The van der Waals surface area contributed by atoms with E-state index in [9.17, 15) is 9.59 Å². The molecule has 0 aliphatic rings. The van der Waals surface area contributed by atoms with Crippen molar-refractivity contribution < 1.29 is 4.79 Å². The topological polar surface area (TPSA) is 162 Å². The Bertz CT molecular complexity index is 2080. The van der Waals surface area contributed by atoms with Crippen molar-refractivity contribution in [3.05, 3.63) is 97.8 Å². The Morgan fingerprint density at radius 1 is 1.19 bits per heavy atom. The molecule has 0 fully saturated rings. The number of rotatable bonds is 6. The first-order valence-corrected chi connectivity index (χ1v) is 14.0. The fourth-order valence-corrected chi connectivity index (χ4v) is 5.35. The van der Waals surface area contributed by atoms with Crippen LogP contribution in [0.5, 0.6) is 0 Å². The van der Waals surface area contributed by atoms with Gasteiger partial charge in [0.1, 0.15) is 11.4 Å². The van der Waals surface area contributed by atoms with E-state index in [-0.39, 0.29) is 23.5 Å². The normalized spacial score (nSPS) is 11.9. The maximum atomic E-state index is 14.1. The molecule has 0 spiro atoms. The highest BCUT2D eigenvalue weighted by Crippen LogP contribution is 2.21. The Kier molecular flexibility index (Phi) is 6.97. The molecule has 0 saturated heterocycles. The lowest BCUT2D eigenvalue weighted by atomic mass is 10.1. The summed E-state index contributed by atoms with van der Waals surface area (Å²) in [5, 5.41) is 8.48. The van der Waals surface area contributed by atoms with Crippen LogP contribution in [0.1, 0.15) is 56.0 Å². The molecule has 13 heteroatoms. The SMILES string of the molecule is Cc1ccn2nc(N)c(C(=O)N[C@@H](C)c3nc4cccc(C#Cc5cnc(C)s5)c4c(=O)n3CCc3c[nH]cn3)c2n1. The predicted molar refractivity (Wildman–Crippen MR) is 159 cm³/mol. The van der Waals surface area contributed by atoms with Crippen molar-refractivity contribution >= 4 is 39.6 Å². The number of nitrogen functional groups attached to an aromatic ring is 1. The number of thiazole rings is 1. The summed E-state index contributed by atoms with van der Waals surface area (Å²) in [6.45, 7) is 5.80. The third kappa shape index (κ3) is 5.11. The van der Waals surface area contributed by atoms with E-state index in [1.807, 2.05) is 19.9 Å². The molecule has 0 saturated carbocycles. The lowest BCUT2D eigenvalue weighted by molar-refractivity contribution is 0.0939. The number of aromatic nitrogens is 8. The van der Waals surface area contributed by atoms with Crippen molar-refractivity contribution in [2.75, 3.05) is 5.73 Å². The molecule has 6 rings (SSSR count). The van der Waals surface area contributed by atoms with Crippen LogP contribution in [-0.4, -0.2) is 45.0 Å². The van der Waals surface area contributed by atoms with Crippen LogP contribution in [0.15, 0.2) is 54.0 Å². The van der Waals surface area contributed by atoms with Crippen LogP contribution in [0.25, 0.3) is 16.6 Å². The van der Waals surface area contributed by atoms with Gasteiger partial charge in [-0.15, -0.1) is 16.4 Å². The monoisotopic (exact) mass is 578 g/mol. The number of benzene rings is 1. The summed E-state index contributed by atoms with van der Waals surface area (Å²) in [4.78, 5) is 49.2. The van der Waals surface area contributed by atoms with Gasteiger partial charge in [-0.3, -0.25) is 14.2 Å². The highest BCUT2D eigenvalue weighted by Gasteiger charge is 2.24. The summed E-state index contributed by atoms with van der Waals surface area (Å²) in [6.07, 6.45) is 7.26. The molecule has 1 atom stereocenters. The van der Waals surface area contributed by atoms with Crippen LogP contribution < -0.4 is 16.6 Å². The first-order valence-electron chi connectivity index (χ1n) is 13.2. The molecule has 5 aromatic heterocycles. The van der Waals surface area contributed by atoms with Crippen molar-refractivity contribution in [1.29, 1.82) is 0 Å². The molecule has 0 unspecified atom stereocenters. The molecule has 0 bridgehead atoms. The molecule has 4 N–H and O–H groups in total. The number of hydrogen-bond acceptors (Lipinski definition) is 9. The molecule has 42 heavy (non-hydrogen) atoms. The number of carbonyl (C=O) groups is 1. The zero-order valence-corrected chi connectivity index (χ0v) is 23.9. The largest absolute Gasteiger partial charge is 0.381 e. The van der Waals surface area contributed by atoms with Gasteiger partial charge in [0.15, 0.2) is 11.5 Å². The number of fused-ring (bicyclic) bond motifs is 2. The van der Waals surface area contributed by atoms with E-state index in [0.717, 1.165) is 21.3 Å². The lowest BCUT2D eigenvalue weighted by Crippen LogP contribution is -2.34. The lowest BCUT2D eigenvalue weighted by Gasteiger charge is -2.20. The fourth-order valence-electron chi connectivity index (χ4n) is 4.72. The standard InChI is InChI=1S/C29H26N10O2S/c1-16-9-12-39-27(34-16)24(25(30)37-39)28(40)35-17(2)26-36-22-6-4-5-19(7-8-21-14-32-18(3)42-21)23(22)29(41)38(26)11-10-20-13-31-15-33-20/h4-6,9,12-15,17H,10-11H2,1-3H3,(H2,30,37)(H,31,33)(H,35,40)/t17-/m0/s1. The number of H-pyrrole nitrogens is 1. The van der Waals surface area contributed by atoms with Gasteiger partial charge >= 0.3 is 0 Å². The average molecular weight is 579 g/mol. The number of nitrogens with one attached hydrogen (secondary N) is 2. The van der Waals surface area contributed by atoms with E-state index >= 15 is 0 Å². The number of nitrogens with two attached hydrogens (primary N) is 1. The second kappa shape index (κ2) is 10.9. The van der Waals surface area contributed by atoms with E-state index in [0.29, 0.717) is 34.4 Å². The van der Waals surface area contributed by atoms with E-state index < -0.39 is 11.9 Å². The van der Waals surface area contributed by atoms with Gasteiger partial charge in [-0.25, -0.2) is 24.5 Å². The minimum Gasteiger partial charge on any atom is -0.381 e. The number of hydrogen-bond donors (Lipinski definition) is 3. The van der Waals surface area contributed by atoms with Crippen LogP contribution in [-0.2, 0) is 13.0 Å². The van der Waals surface area contributed by atoms with Gasteiger partial charge in [-0.05, 0) is 44.9 Å². The smallest absolute Gasteiger partial charge is 0.262 e. The molecule has 1 amide bonds. The number of imidazole rings is 1. The maximum Gasteiger partial charge on any atom is 0.262 e. The zero-order chi connectivity index (χ0) is 29.4. The summed E-state index contributed by atoms with van der Waals surface area (Å²) in [5.41, 5.74) is 8.91. The second-order valence-corrected chi connectivity index (χ2v) is 11.0. The predicted octanol–water partition coefficient (Wildman–Crippen LogP) is 2.95. The number of aromatic amines is 1. The average Bonchev–Trinajstić information content (AvgIpc) is 3.70. The molecule has 0 aliphatic heterocycles. The Morgan fingerprint density at radius 2 is 2.05 bits per heavy atom. The van der Waals surface area contributed by atoms with Gasteiger partial charge in [-0.2, -0.15) is 0 Å². The summed E-state index contributed by atoms with van der Waals surface area (Å²) < 4.78 is 3.04. The molecule has 210 valence electrons. The first kappa shape index (κ1) is 26.9. The van der Waals surface area contributed by atoms with Crippen LogP contribution in [0.2, 0.25) is 0 Å². The van der Waals surface area contributed by atoms with Crippen molar-refractivity contribution in [1.82, 2.24) is 44.4 Å². The second-order valence-electron chi connectivity index (χ2n) is 9.72. The molecular weight excluding hydrogens is 552 g/mol. The number of carbonyl (C=O) groups excluding carboxylic acids is 1. The Hall–Kier alpha value is -5.35. The van der Waals surface area contributed by atoms with Crippen molar-refractivity contribution in [2.45, 2.75) is 39.8 Å². The van der Waals surface area contributed by atoms with Crippen molar-refractivity contribution in [3.8, 4) is 11.8 Å². The minimum atomic E-state index is -0.664. The molecule has 6 aromatic rings. The highest BCUT2D eigenvalue weighted by atomic mass is 32.1. The molecule has 0 aliphatic carbocycles. The Balaban J connectivity index is 1.42. The van der Waals surface area contributed by atoms with E-state index in [2.05, 4.69) is 42.2 Å². The van der Waals surface area contributed by atoms with E-state index in [1.165, 1.54) is 15.9 Å². The van der Waals surface area contributed by atoms with Crippen LogP contribution in [0.4, 0.5) is 5.82 Å². The van der Waals surface area contributed by atoms with Crippen LogP contribution >= 0.6 is 11.3 Å². The molecule has 0 radical (unpaired) electrons. The van der Waals surface area contributed by atoms with E-state index in [1.54, 1.807) is 54.6 Å². The number of anilines is 1. The maximum absolute atomic E-state index is 14.1. The first-order chi connectivity index (χ1) is 20.3.